The van der Waals surface area contributed by atoms with E-state index in [1.54, 1.807) is 13.8 Å². The normalized spacial score (nSPS) is 37.1. The van der Waals surface area contributed by atoms with Crippen molar-refractivity contribution in [1.82, 2.24) is 0 Å². The molecule has 22 heavy (non-hydrogen) atoms. The number of allylic oxidation sites excluding steroid dienone is 4. The first kappa shape index (κ1) is 17.5. The molecule has 2 N–H and O–H groups in total. The van der Waals surface area contributed by atoms with E-state index in [9.17, 15) is 10.2 Å². The van der Waals surface area contributed by atoms with Crippen molar-refractivity contribution < 1.29 is 10.2 Å². The summed E-state index contributed by atoms with van der Waals surface area (Å²) in [5.41, 5.74) is 2.14. The van der Waals surface area contributed by atoms with Gasteiger partial charge in [-0.1, -0.05) is 42.4 Å². The van der Waals surface area contributed by atoms with E-state index in [4.69, 9.17) is 0 Å². The number of aliphatic hydroxyl groups is 2. The molecule has 0 aromatic heterocycles. The zero-order chi connectivity index (χ0) is 16.5. The molecule has 0 heterocycles. The third-order valence-corrected chi connectivity index (χ3v) is 5.83. The number of hydrogen-bond donors (Lipinski definition) is 2. The SMILES string of the molecule is CC(=CC=CC(C)(C)O)C1CCC2(C)C(O)CC=C(C)C2C1. The molecular weight excluding hydrogens is 272 g/mol. The molecule has 2 nitrogen and oxygen atoms in total. The third kappa shape index (κ3) is 3.72. The van der Waals surface area contributed by atoms with Gasteiger partial charge in [0.15, 0.2) is 0 Å². The zero-order valence-corrected chi connectivity index (χ0v) is 14.8. The fraction of sp³-hybridized carbons (Fsp3) is 0.700. The highest BCUT2D eigenvalue weighted by Crippen LogP contribution is 2.53. The Bertz CT molecular complexity index is 492. The van der Waals surface area contributed by atoms with Crippen molar-refractivity contribution in [3.8, 4) is 0 Å². The van der Waals surface area contributed by atoms with E-state index >= 15 is 0 Å². The summed E-state index contributed by atoms with van der Waals surface area (Å²) in [7, 11) is 0. The van der Waals surface area contributed by atoms with E-state index in [-0.39, 0.29) is 11.5 Å². The molecule has 0 spiro atoms. The molecular formula is C20H32O2. The van der Waals surface area contributed by atoms with Gasteiger partial charge < -0.3 is 10.2 Å². The maximum Gasteiger partial charge on any atom is 0.0774 e. The quantitative estimate of drug-likeness (QED) is 0.599. The molecule has 2 rings (SSSR count). The first-order valence-electron chi connectivity index (χ1n) is 8.56. The summed E-state index contributed by atoms with van der Waals surface area (Å²) in [6.45, 7) is 10.3. The van der Waals surface area contributed by atoms with Crippen molar-refractivity contribution in [1.29, 1.82) is 0 Å². The van der Waals surface area contributed by atoms with Gasteiger partial charge in [-0.05, 0) is 65.2 Å². The summed E-state index contributed by atoms with van der Waals surface area (Å²) in [6.07, 6.45) is 12.2. The van der Waals surface area contributed by atoms with Crippen LogP contribution in [0.4, 0.5) is 0 Å². The van der Waals surface area contributed by atoms with E-state index < -0.39 is 5.60 Å². The lowest BCUT2D eigenvalue weighted by Gasteiger charge is -2.50. The molecule has 0 amide bonds. The van der Waals surface area contributed by atoms with Crippen molar-refractivity contribution in [2.24, 2.45) is 17.3 Å². The molecule has 0 saturated heterocycles. The van der Waals surface area contributed by atoms with Gasteiger partial charge in [-0.25, -0.2) is 0 Å². The minimum Gasteiger partial charge on any atom is -0.392 e. The zero-order valence-electron chi connectivity index (χ0n) is 14.8. The lowest BCUT2D eigenvalue weighted by molar-refractivity contribution is -0.0357. The van der Waals surface area contributed by atoms with Crippen LogP contribution in [0, 0.1) is 17.3 Å². The van der Waals surface area contributed by atoms with Crippen LogP contribution >= 0.6 is 0 Å². The second-order valence-corrected chi connectivity index (χ2v) is 8.15. The van der Waals surface area contributed by atoms with Crippen molar-refractivity contribution >= 4 is 0 Å². The topological polar surface area (TPSA) is 40.5 Å². The summed E-state index contributed by atoms with van der Waals surface area (Å²) in [5, 5.41) is 20.2. The fourth-order valence-electron chi connectivity index (χ4n) is 4.13. The minimum absolute atomic E-state index is 0.0541. The summed E-state index contributed by atoms with van der Waals surface area (Å²) in [6, 6.07) is 0. The van der Waals surface area contributed by atoms with Crippen LogP contribution in [0.1, 0.15) is 60.3 Å². The molecule has 1 fully saturated rings. The largest absolute Gasteiger partial charge is 0.392 e. The van der Waals surface area contributed by atoms with Crippen LogP contribution in [-0.2, 0) is 0 Å². The number of hydrogen-bond acceptors (Lipinski definition) is 2. The highest BCUT2D eigenvalue weighted by atomic mass is 16.3. The molecule has 124 valence electrons. The Hall–Kier alpha value is -0.860. The second-order valence-electron chi connectivity index (χ2n) is 8.15. The second kappa shape index (κ2) is 6.33. The van der Waals surface area contributed by atoms with Gasteiger partial charge in [0, 0.05) is 5.41 Å². The van der Waals surface area contributed by atoms with Crippen molar-refractivity contribution in [2.75, 3.05) is 0 Å². The Morgan fingerprint density at radius 1 is 1.41 bits per heavy atom. The Labute approximate surface area is 135 Å². The van der Waals surface area contributed by atoms with Crippen LogP contribution in [0.5, 0.6) is 0 Å². The molecule has 0 aliphatic heterocycles. The Kier molecular flexibility index (Phi) is 5.03. The van der Waals surface area contributed by atoms with Gasteiger partial charge in [0.1, 0.15) is 0 Å². The van der Waals surface area contributed by atoms with Gasteiger partial charge in [0.2, 0.25) is 0 Å². The molecule has 4 unspecified atom stereocenters. The van der Waals surface area contributed by atoms with Crippen molar-refractivity contribution in [2.45, 2.75) is 72.0 Å². The van der Waals surface area contributed by atoms with Crippen LogP contribution in [0.3, 0.4) is 0 Å². The number of fused-ring (bicyclic) bond motifs is 1. The Morgan fingerprint density at radius 3 is 2.73 bits per heavy atom. The third-order valence-electron chi connectivity index (χ3n) is 5.83. The van der Waals surface area contributed by atoms with Crippen molar-refractivity contribution in [3.05, 3.63) is 35.5 Å². The molecule has 0 bridgehead atoms. The van der Waals surface area contributed by atoms with Gasteiger partial charge >= 0.3 is 0 Å². The van der Waals surface area contributed by atoms with Crippen LogP contribution in [0.25, 0.3) is 0 Å². The van der Waals surface area contributed by atoms with Crippen molar-refractivity contribution in [3.63, 3.8) is 0 Å². The number of rotatable bonds is 3. The first-order chi connectivity index (χ1) is 10.1. The summed E-state index contributed by atoms with van der Waals surface area (Å²) >= 11 is 0. The molecule has 2 aliphatic carbocycles. The molecule has 2 aliphatic rings. The summed E-state index contributed by atoms with van der Waals surface area (Å²) in [4.78, 5) is 0. The molecule has 0 aromatic rings. The predicted molar refractivity (Wildman–Crippen MR) is 92.5 cm³/mol. The van der Waals surface area contributed by atoms with E-state index in [1.807, 2.05) is 12.2 Å². The average molecular weight is 304 g/mol. The molecule has 2 heteroatoms. The fourth-order valence-corrected chi connectivity index (χ4v) is 4.13. The minimum atomic E-state index is -0.755. The predicted octanol–water partition coefficient (Wildman–Crippen LogP) is 4.39. The molecule has 1 saturated carbocycles. The van der Waals surface area contributed by atoms with E-state index in [1.165, 1.54) is 11.1 Å². The number of aliphatic hydroxyl groups excluding tert-OH is 1. The smallest absolute Gasteiger partial charge is 0.0774 e. The summed E-state index contributed by atoms with van der Waals surface area (Å²) < 4.78 is 0. The molecule has 0 aromatic carbocycles. The van der Waals surface area contributed by atoms with E-state index in [2.05, 4.69) is 32.9 Å². The Balaban J connectivity index is 2.11. The van der Waals surface area contributed by atoms with E-state index in [0.29, 0.717) is 11.8 Å². The van der Waals surface area contributed by atoms with Crippen LogP contribution in [0.2, 0.25) is 0 Å². The highest BCUT2D eigenvalue weighted by Gasteiger charge is 2.46. The van der Waals surface area contributed by atoms with Gasteiger partial charge in [0.05, 0.1) is 11.7 Å². The standard InChI is InChI=1S/C20H32O2/c1-14(7-6-11-19(3,4)22)16-10-12-20(5)17(13-16)15(2)8-9-18(20)21/h6-8,11,16-18,21-22H,9-10,12-13H2,1-5H3. The van der Waals surface area contributed by atoms with Crippen LogP contribution in [-0.4, -0.2) is 21.9 Å². The van der Waals surface area contributed by atoms with Gasteiger partial charge in [-0.3, -0.25) is 0 Å². The average Bonchev–Trinajstić information content (AvgIpc) is 2.42. The Morgan fingerprint density at radius 2 is 2.09 bits per heavy atom. The maximum atomic E-state index is 10.4. The van der Waals surface area contributed by atoms with E-state index in [0.717, 1.165) is 25.7 Å². The van der Waals surface area contributed by atoms with Crippen LogP contribution in [0.15, 0.2) is 35.5 Å². The first-order valence-corrected chi connectivity index (χ1v) is 8.56. The highest BCUT2D eigenvalue weighted by molar-refractivity contribution is 5.22. The monoisotopic (exact) mass is 304 g/mol. The van der Waals surface area contributed by atoms with Gasteiger partial charge in [-0.2, -0.15) is 0 Å². The maximum absolute atomic E-state index is 10.4. The van der Waals surface area contributed by atoms with Gasteiger partial charge in [0.25, 0.3) is 0 Å². The lowest BCUT2D eigenvalue weighted by Crippen LogP contribution is -2.46. The summed E-state index contributed by atoms with van der Waals surface area (Å²) in [5.74, 6) is 1.08. The van der Waals surface area contributed by atoms with Gasteiger partial charge in [-0.15, -0.1) is 0 Å². The van der Waals surface area contributed by atoms with Crippen LogP contribution < -0.4 is 0 Å². The molecule has 4 atom stereocenters. The lowest BCUT2D eigenvalue weighted by atomic mass is 9.56. The molecule has 0 radical (unpaired) electrons.